The Balaban J connectivity index is 2.14. The number of nitrogen functional groups attached to an aromatic ring is 1. The molecule has 0 aliphatic heterocycles. The van der Waals surface area contributed by atoms with Gasteiger partial charge in [0.05, 0.1) is 12.2 Å². The van der Waals surface area contributed by atoms with Crippen LogP contribution >= 0.6 is 0 Å². The van der Waals surface area contributed by atoms with Gasteiger partial charge in [0.2, 0.25) is 0 Å². The number of hydrazine groups is 1. The third kappa shape index (κ3) is 3.57. The van der Waals surface area contributed by atoms with Crippen LogP contribution in [0, 0.1) is 0 Å². The Morgan fingerprint density at radius 2 is 2.19 bits per heavy atom. The lowest BCUT2D eigenvalue weighted by atomic mass is 10.1. The van der Waals surface area contributed by atoms with E-state index in [4.69, 9.17) is 5.84 Å². The summed E-state index contributed by atoms with van der Waals surface area (Å²) in [6.07, 6.45) is 1.70. The standard InChI is InChI=1S/C14H20N6O/c1-9(2)12-6-10(7-13(18-12)19-15)14(21)16-8-11-4-5-17-20(11)3/h4-7,9H,8,15H2,1-3H3,(H,16,21)(H,18,19). The van der Waals surface area contributed by atoms with Gasteiger partial charge < -0.3 is 10.7 Å². The molecule has 7 heteroatoms. The first kappa shape index (κ1) is 15.0. The van der Waals surface area contributed by atoms with Gasteiger partial charge in [-0.25, -0.2) is 10.8 Å². The number of hydrogen-bond acceptors (Lipinski definition) is 5. The summed E-state index contributed by atoms with van der Waals surface area (Å²) < 4.78 is 1.72. The van der Waals surface area contributed by atoms with Crippen molar-refractivity contribution in [3.8, 4) is 0 Å². The van der Waals surface area contributed by atoms with E-state index < -0.39 is 0 Å². The number of amides is 1. The molecule has 7 nitrogen and oxygen atoms in total. The van der Waals surface area contributed by atoms with Crippen LogP contribution < -0.4 is 16.6 Å². The lowest BCUT2D eigenvalue weighted by Gasteiger charge is -2.11. The second-order valence-electron chi connectivity index (χ2n) is 5.09. The monoisotopic (exact) mass is 288 g/mol. The summed E-state index contributed by atoms with van der Waals surface area (Å²) in [4.78, 5) is 16.6. The molecule has 0 radical (unpaired) electrons. The van der Waals surface area contributed by atoms with Crippen LogP contribution in [0.15, 0.2) is 24.4 Å². The van der Waals surface area contributed by atoms with Crippen LogP contribution in [0.25, 0.3) is 0 Å². The quantitative estimate of drug-likeness (QED) is 0.566. The van der Waals surface area contributed by atoms with Gasteiger partial charge in [0.25, 0.3) is 5.91 Å². The highest BCUT2D eigenvalue weighted by Crippen LogP contribution is 2.17. The number of anilines is 1. The van der Waals surface area contributed by atoms with Gasteiger partial charge in [0.15, 0.2) is 0 Å². The topological polar surface area (TPSA) is 97.9 Å². The number of carbonyl (C=O) groups excluding carboxylic acids is 1. The number of nitrogens with one attached hydrogen (secondary N) is 2. The molecule has 0 bridgehead atoms. The van der Waals surface area contributed by atoms with Crippen molar-refractivity contribution < 1.29 is 4.79 Å². The molecule has 112 valence electrons. The highest BCUT2D eigenvalue weighted by atomic mass is 16.1. The summed E-state index contributed by atoms with van der Waals surface area (Å²) in [6.45, 7) is 4.44. The lowest BCUT2D eigenvalue weighted by Crippen LogP contribution is -2.25. The zero-order valence-corrected chi connectivity index (χ0v) is 12.4. The minimum atomic E-state index is -0.169. The van der Waals surface area contributed by atoms with Gasteiger partial charge in [-0.1, -0.05) is 13.8 Å². The summed E-state index contributed by atoms with van der Waals surface area (Å²) in [5.41, 5.74) is 4.77. The molecule has 2 rings (SSSR count). The van der Waals surface area contributed by atoms with Crippen molar-refractivity contribution in [1.29, 1.82) is 0 Å². The number of aromatic nitrogens is 3. The van der Waals surface area contributed by atoms with E-state index in [1.54, 1.807) is 23.0 Å². The van der Waals surface area contributed by atoms with Gasteiger partial charge in [-0.15, -0.1) is 0 Å². The fraction of sp³-hybridized carbons (Fsp3) is 0.357. The van der Waals surface area contributed by atoms with Crippen molar-refractivity contribution in [1.82, 2.24) is 20.1 Å². The van der Waals surface area contributed by atoms with Crippen molar-refractivity contribution in [2.75, 3.05) is 5.43 Å². The van der Waals surface area contributed by atoms with Gasteiger partial charge in [-0.3, -0.25) is 9.48 Å². The van der Waals surface area contributed by atoms with Crippen LogP contribution in [0.1, 0.15) is 41.5 Å². The first-order chi connectivity index (χ1) is 10.0. The highest BCUT2D eigenvalue weighted by Gasteiger charge is 2.12. The molecule has 0 fully saturated rings. The first-order valence-corrected chi connectivity index (χ1v) is 6.75. The predicted molar refractivity (Wildman–Crippen MR) is 80.5 cm³/mol. The number of aryl methyl sites for hydroxylation is 1. The SMILES string of the molecule is CC(C)c1cc(C(=O)NCc2ccnn2C)cc(NN)n1. The maximum absolute atomic E-state index is 12.3. The Bertz CT molecular complexity index is 634. The van der Waals surface area contributed by atoms with Crippen LogP contribution in [0.3, 0.4) is 0 Å². The Labute approximate surface area is 123 Å². The number of rotatable bonds is 5. The predicted octanol–water partition coefficient (Wildman–Crippen LogP) is 1.15. The Hall–Kier alpha value is -2.41. The smallest absolute Gasteiger partial charge is 0.251 e. The number of nitrogens with two attached hydrogens (primary N) is 1. The zero-order chi connectivity index (χ0) is 15.4. The number of nitrogens with zero attached hydrogens (tertiary/aromatic N) is 3. The number of carbonyl (C=O) groups is 1. The largest absolute Gasteiger partial charge is 0.346 e. The summed E-state index contributed by atoms with van der Waals surface area (Å²) in [6, 6.07) is 5.27. The third-order valence-electron chi connectivity index (χ3n) is 3.20. The number of pyridine rings is 1. The van der Waals surface area contributed by atoms with Gasteiger partial charge in [-0.05, 0) is 24.1 Å². The Kier molecular flexibility index (Phi) is 4.54. The van der Waals surface area contributed by atoms with Crippen LogP contribution in [0.2, 0.25) is 0 Å². The molecule has 0 saturated heterocycles. The number of hydrogen-bond donors (Lipinski definition) is 3. The first-order valence-electron chi connectivity index (χ1n) is 6.75. The fourth-order valence-electron chi connectivity index (χ4n) is 1.90. The molecule has 4 N–H and O–H groups in total. The average molecular weight is 288 g/mol. The van der Waals surface area contributed by atoms with Crippen molar-refractivity contribution in [3.63, 3.8) is 0 Å². The van der Waals surface area contributed by atoms with E-state index in [0.717, 1.165) is 11.4 Å². The Morgan fingerprint density at radius 3 is 2.76 bits per heavy atom. The second kappa shape index (κ2) is 6.36. The molecule has 21 heavy (non-hydrogen) atoms. The van der Waals surface area contributed by atoms with E-state index in [-0.39, 0.29) is 11.8 Å². The van der Waals surface area contributed by atoms with Crippen LogP contribution in [-0.4, -0.2) is 20.7 Å². The van der Waals surface area contributed by atoms with Crippen LogP contribution in [-0.2, 0) is 13.6 Å². The molecule has 2 aromatic heterocycles. The molecule has 0 aliphatic rings. The molecule has 0 atom stereocenters. The molecule has 0 aliphatic carbocycles. The maximum atomic E-state index is 12.3. The normalized spacial score (nSPS) is 10.7. The molecular formula is C14H20N6O. The van der Waals surface area contributed by atoms with Gasteiger partial charge in [-0.2, -0.15) is 5.10 Å². The highest BCUT2D eigenvalue weighted by molar-refractivity contribution is 5.94. The molecule has 0 aromatic carbocycles. The van der Waals surface area contributed by atoms with E-state index in [1.807, 2.05) is 27.0 Å². The average Bonchev–Trinajstić information content (AvgIpc) is 2.89. The maximum Gasteiger partial charge on any atom is 0.251 e. The Morgan fingerprint density at radius 1 is 1.43 bits per heavy atom. The zero-order valence-electron chi connectivity index (χ0n) is 12.4. The fourth-order valence-corrected chi connectivity index (χ4v) is 1.90. The third-order valence-corrected chi connectivity index (χ3v) is 3.20. The molecule has 0 spiro atoms. The van der Waals surface area contributed by atoms with E-state index in [0.29, 0.717) is 17.9 Å². The van der Waals surface area contributed by atoms with Gasteiger partial charge in [0.1, 0.15) is 5.82 Å². The van der Waals surface area contributed by atoms with Crippen molar-refractivity contribution in [3.05, 3.63) is 41.3 Å². The lowest BCUT2D eigenvalue weighted by molar-refractivity contribution is 0.0950. The minimum Gasteiger partial charge on any atom is -0.346 e. The summed E-state index contributed by atoms with van der Waals surface area (Å²) in [5.74, 6) is 5.92. The van der Waals surface area contributed by atoms with Crippen molar-refractivity contribution in [2.45, 2.75) is 26.3 Å². The van der Waals surface area contributed by atoms with Crippen molar-refractivity contribution >= 4 is 11.7 Å². The summed E-state index contributed by atoms with van der Waals surface area (Å²) in [5, 5.41) is 6.92. The minimum absolute atomic E-state index is 0.169. The van der Waals surface area contributed by atoms with Crippen LogP contribution in [0.5, 0.6) is 0 Å². The molecular weight excluding hydrogens is 268 g/mol. The van der Waals surface area contributed by atoms with E-state index in [2.05, 4.69) is 20.8 Å². The molecule has 0 unspecified atom stereocenters. The molecule has 0 saturated carbocycles. The van der Waals surface area contributed by atoms with E-state index in [1.165, 1.54) is 0 Å². The molecule has 1 amide bonds. The van der Waals surface area contributed by atoms with Crippen molar-refractivity contribution in [2.24, 2.45) is 12.9 Å². The second-order valence-corrected chi connectivity index (χ2v) is 5.09. The summed E-state index contributed by atoms with van der Waals surface area (Å²) >= 11 is 0. The molecule has 2 aromatic rings. The molecule has 2 heterocycles. The van der Waals surface area contributed by atoms with Crippen LogP contribution in [0.4, 0.5) is 5.82 Å². The van der Waals surface area contributed by atoms with E-state index in [9.17, 15) is 4.79 Å². The van der Waals surface area contributed by atoms with Gasteiger partial charge in [0, 0.05) is 24.5 Å². The van der Waals surface area contributed by atoms with E-state index >= 15 is 0 Å². The van der Waals surface area contributed by atoms with Gasteiger partial charge >= 0.3 is 0 Å². The summed E-state index contributed by atoms with van der Waals surface area (Å²) in [7, 11) is 1.83.